The van der Waals surface area contributed by atoms with Crippen LogP contribution in [-0.4, -0.2) is 4.98 Å². The van der Waals surface area contributed by atoms with Gasteiger partial charge in [0, 0.05) is 29.4 Å². The van der Waals surface area contributed by atoms with E-state index in [0.29, 0.717) is 0 Å². The summed E-state index contributed by atoms with van der Waals surface area (Å²) in [4.78, 5) is 4.42. The van der Waals surface area contributed by atoms with Crippen LogP contribution >= 0.6 is 11.6 Å². The normalized spacial score (nSPS) is 12.4. The van der Waals surface area contributed by atoms with Crippen molar-refractivity contribution < 1.29 is 0 Å². The number of nitrogens with zero attached hydrogens (tertiary/aromatic N) is 1. The largest absolute Gasteiger partial charge is 0.324 e. The van der Waals surface area contributed by atoms with Crippen LogP contribution in [0.4, 0.5) is 0 Å². The van der Waals surface area contributed by atoms with Gasteiger partial charge in [0.15, 0.2) is 0 Å². The minimum absolute atomic E-state index is 0.0660. The first-order valence-electron chi connectivity index (χ1n) is 6.14. The minimum Gasteiger partial charge on any atom is -0.324 e. The predicted molar refractivity (Wildman–Crippen MR) is 75.7 cm³/mol. The zero-order chi connectivity index (χ0) is 13.0. The molecule has 0 aliphatic carbocycles. The molecule has 0 radical (unpaired) electrons. The van der Waals surface area contributed by atoms with Crippen LogP contribution in [-0.2, 0) is 12.8 Å². The van der Waals surface area contributed by atoms with E-state index in [1.807, 2.05) is 36.5 Å². The van der Waals surface area contributed by atoms with E-state index in [-0.39, 0.29) is 6.04 Å². The molecule has 0 spiro atoms. The molecule has 2 rings (SSSR count). The maximum absolute atomic E-state index is 6.17. The zero-order valence-corrected chi connectivity index (χ0v) is 11.2. The van der Waals surface area contributed by atoms with Crippen molar-refractivity contribution in [2.24, 2.45) is 5.73 Å². The summed E-state index contributed by atoms with van der Waals surface area (Å²) < 4.78 is 0. The number of hydrogen-bond donors (Lipinski definition) is 1. The Labute approximate surface area is 113 Å². The van der Waals surface area contributed by atoms with Crippen molar-refractivity contribution in [1.29, 1.82) is 0 Å². The summed E-state index contributed by atoms with van der Waals surface area (Å²) in [5.74, 6) is 0. The molecule has 2 nitrogen and oxygen atoms in total. The first-order chi connectivity index (χ1) is 8.69. The highest BCUT2D eigenvalue weighted by Crippen LogP contribution is 2.19. The second-order valence-corrected chi connectivity index (χ2v) is 4.81. The molecule has 18 heavy (non-hydrogen) atoms. The average Bonchev–Trinajstić information content (AvgIpc) is 2.39. The highest BCUT2D eigenvalue weighted by Gasteiger charge is 2.08. The molecule has 0 saturated carbocycles. The Hall–Kier alpha value is -1.38. The van der Waals surface area contributed by atoms with Gasteiger partial charge in [-0.2, -0.15) is 0 Å². The van der Waals surface area contributed by atoms with E-state index < -0.39 is 0 Å². The SMILES string of the molecule is CCc1ccc(CC(N)c2cccc(Cl)c2)nc1. The van der Waals surface area contributed by atoms with Crippen molar-refractivity contribution in [3.8, 4) is 0 Å². The first kappa shape index (κ1) is 13.1. The van der Waals surface area contributed by atoms with Crippen LogP contribution in [0.2, 0.25) is 5.02 Å². The third-order valence-corrected chi connectivity index (χ3v) is 3.24. The van der Waals surface area contributed by atoms with Crippen LogP contribution < -0.4 is 5.73 Å². The summed E-state index contributed by atoms with van der Waals surface area (Å²) in [5, 5.41) is 0.720. The van der Waals surface area contributed by atoms with Gasteiger partial charge in [-0.15, -0.1) is 0 Å². The van der Waals surface area contributed by atoms with Crippen LogP contribution in [0.3, 0.4) is 0 Å². The van der Waals surface area contributed by atoms with E-state index in [4.69, 9.17) is 17.3 Å². The van der Waals surface area contributed by atoms with Gasteiger partial charge in [-0.25, -0.2) is 0 Å². The molecular formula is C15H17ClN2. The number of benzene rings is 1. The first-order valence-corrected chi connectivity index (χ1v) is 6.51. The van der Waals surface area contributed by atoms with Crippen molar-refractivity contribution >= 4 is 11.6 Å². The maximum Gasteiger partial charge on any atom is 0.0422 e. The van der Waals surface area contributed by atoms with Gasteiger partial charge in [-0.1, -0.05) is 36.7 Å². The van der Waals surface area contributed by atoms with Gasteiger partial charge < -0.3 is 5.73 Å². The van der Waals surface area contributed by atoms with Crippen molar-refractivity contribution in [3.63, 3.8) is 0 Å². The summed E-state index contributed by atoms with van der Waals surface area (Å²) in [7, 11) is 0. The fraction of sp³-hybridized carbons (Fsp3) is 0.267. The summed E-state index contributed by atoms with van der Waals surface area (Å²) in [5.41, 5.74) is 9.47. The molecule has 0 aliphatic heterocycles. The van der Waals surface area contributed by atoms with Crippen molar-refractivity contribution in [3.05, 3.63) is 64.4 Å². The number of pyridine rings is 1. The second-order valence-electron chi connectivity index (χ2n) is 4.38. The predicted octanol–water partition coefficient (Wildman–Crippen LogP) is 3.54. The number of aryl methyl sites for hydroxylation is 1. The fourth-order valence-corrected chi connectivity index (χ4v) is 2.06. The fourth-order valence-electron chi connectivity index (χ4n) is 1.87. The Balaban J connectivity index is 2.08. The smallest absolute Gasteiger partial charge is 0.0422 e. The molecule has 1 unspecified atom stereocenters. The molecule has 2 N–H and O–H groups in total. The van der Waals surface area contributed by atoms with Crippen LogP contribution in [0.15, 0.2) is 42.6 Å². The lowest BCUT2D eigenvalue weighted by molar-refractivity contribution is 0.706. The molecule has 2 aromatic rings. The molecular weight excluding hydrogens is 244 g/mol. The molecule has 1 aromatic heterocycles. The highest BCUT2D eigenvalue weighted by molar-refractivity contribution is 6.30. The number of nitrogens with two attached hydrogens (primary N) is 1. The molecule has 1 aromatic carbocycles. The molecule has 1 atom stereocenters. The van der Waals surface area contributed by atoms with Gasteiger partial charge in [0.1, 0.15) is 0 Å². The van der Waals surface area contributed by atoms with E-state index >= 15 is 0 Å². The standard InChI is InChI=1S/C15H17ClN2/c1-2-11-6-7-14(18-10-11)9-15(17)12-4-3-5-13(16)8-12/h3-8,10,15H,2,9,17H2,1H3. The summed E-state index contributed by atoms with van der Waals surface area (Å²) in [6, 6.07) is 11.8. The Morgan fingerprint density at radius 2 is 2.11 bits per heavy atom. The van der Waals surface area contributed by atoms with Gasteiger partial charge in [0.2, 0.25) is 0 Å². The maximum atomic E-state index is 6.17. The molecule has 3 heteroatoms. The second kappa shape index (κ2) is 5.98. The molecule has 1 heterocycles. The molecule has 0 fully saturated rings. The zero-order valence-electron chi connectivity index (χ0n) is 10.4. The van der Waals surface area contributed by atoms with E-state index in [2.05, 4.69) is 18.0 Å². The van der Waals surface area contributed by atoms with Crippen LogP contribution in [0.25, 0.3) is 0 Å². The third kappa shape index (κ3) is 3.31. The van der Waals surface area contributed by atoms with Crippen molar-refractivity contribution in [2.45, 2.75) is 25.8 Å². The summed E-state index contributed by atoms with van der Waals surface area (Å²) in [6.45, 7) is 2.12. The number of halogens is 1. The quantitative estimate of drug-likeness (QED) is 0.913. The molecule has 0 bridgehead atoms. The monoisotopic (exact) mass is 260 g/mol. The lowest BCUT2D eigenvalue weighted by Gasteiger charge is -2.12. The number of hydrogen-bond acceptors (Lipinski definition) is 2. The Morgan fingerprint density at radius 1 is 1.28 bits per heavy atom. The van der Waals surface area contributed by atoms with Crippen molar-refractivity contribution in [2.75, 3.05) is 0 Å². The molecule has 0 aliphatic rings. The van der Waals surface area contributed by atoms with Gasteiger partial charge >= 0.3 is 0 Å². The highest BCUT2D eigenvalue weighted by atomic mass is 35.5. The van der Waals surface area contributed by atoms with Gasteiger partial charge in [0.05, 0.1) is 0 Å². The van der Waals surface area contributed by atoms with Gasteiger partial charge in [-0.05, 0) is 35.7 Å². The number of aromatic nitrogens is 1. The van der Waals surface area contributed by atoms with Gasteiger partial charge in [-0.3, -0.25) is 4.98 Å². The lowest BCUT2D eigenvalue weighted by Crippen LogP contribution is -2.14. The average molecular weight is 261 g/mol. The number of rotatable bonds is 4. The minimum atomic E-state index is -0.0660. The van der Waals surface area contributed by atoms with E-state index in [1.54, 1.807) is 0 Å². The molecule has 0 amide bonds. The Morgan fingerprint density at radius 3 is 2.72 bits per heavy atom. The topological polar surface area (TPSA) is 38.9 Å². The van der Waals surface area contributed by atoms with E-state index in [9.17, 15) is 0 Å². The van der Waals surface area contributed by atoms with E-state index in [1.165, 1.54) is 5.56 Å². The summed E-state index contributed by atoms with van der Waals surface area (Å²) >= 11 is 5.96. The van der Waals surface area contributed by atoms with Gasteiger partial charge in [0.25, 0.3) is 0 Å². The Bertz CT molecular complexity index is 508. The molecule has 94 valence electrons. The van der Waals surface area contributed by atoms with Crippen LogP contribution in [0, 0.1) is 0 Å². The summed E-state index contributed by atoms with van der Waals surface area (Å²) in [6.07, 6.45) is 3.65. The third-order valence-electron chi connectivity index (χ3n) is 3.00. The molecule has 0 saturated heterocycles. The van der Waals surface area contributed by atoms with Crippen molar-refractivity contribution in [1.82, 2.24) is 4.98 Å². The van der Waals surface area contributed by atoms with Crippen LogP contribution in [0.1, 0.15) is 29.8 Å². The van der Waals surface area contributed by atoms with E-state index in [0.717, 1.165) is 29.1 Å². The van der Waals surface area contributed by atoms with Crippen LogP contribution in [0.5, 0.6) is 0 Å². The lowest BCUT2D eigenvalue weighted by atomic mass is 10.0. The Kier molecular flexibility index (Phi) is 4.34.